The summed E-state index contributed by atoms with van der Waals surface area (Å²) < 4.78 is 6.70. The van der Waals surface area contributed by atoms with Crippen molar-refractivity contribution in [2.45, 2.75) is 0 Å². The first-order valence-corrected chi connectivity index (χ1v) is 17.6. The second-order valence-electron chi connectivity index (χ2n) is 13.6. The molecule has 0 saturated carbocycles. The summed E-state index contributed by atoms with van der Waals surface area (Å²) in [6, 6.07) is 66.3. The van der Waals surface area contributed by atoms with Gasteiger partial charge >= 0.3 is 0 Å². The maximum Gasteiger partial charge on any atom is 0.143 e. The van der Waals surface area contributed by atoms with Crippen LogP contribution in [0.15, 0.2) is 186 Å². The smallest absolute Gasteiger partial charge is 0.143 e. The fraction of sp³-hybridized carbons (Fsp3) is 0. The molecule has 0 N–H and O–H groups in total. The van der Waals surface area contributed by atoms with E-state index in [4.69, 9.17) is 4.42 Å². The number of rotatable bonds is 3. The fourth-order valence-electron chi connectivity index (χ4n) is 8.61. The van der Waals surface area contributed by atoms with E-state index in [0.717, 1.165) is 27.3 Å². The zero-order chi connectivity index (χ0) is 33.5. The average molecular weight is 647 g/mol. The first kappa shape index (κ1) is 28.2. The van der Waals surface area contributed by atoms with Crippen LogP contribution in [0, 0.1) is 0 Å². The first-order chi connectivity index (χ1) is 25.3. The molecule has 0 aliphatic heterocycles. The van der Waals surface area contributed by atoms with Gasteiger partial charge in [-0.1, -0.05) is 170 Å². The molecule has 1 nitrogen and oxygen atoms in total. The average Bonchev–Trinajstić information content (AvgIpc) is 3.57. The van der Waals surface area contributed by atoms with E-state index in [1.54, 1.807) is 0 Å². The summed E-state index contributed by atoms with van der Waals surface area (Å²) in [5.74, 6) is 0. The molecule has 0 fully saturated rings. The summed E-state index contributed by atoms with van der Waals surface area (Å²) in [5.41, 5.74) is 9.27. The van der Waals surface area contributed by atoms with Crippen molar-refractivity contribution in [3.05, 3.63) is 182 Å². The molecule has 11 aromatic rings. The van der Waals surface area contributed by atoms with E-state index >= 15 is 0 Å². The molecule has 0 atom stereocenters. The Hall–Kier alpha value is -6.70. The van der Waals surface area contributed by atoms with Crippen LogP contribution in [0.4, 0.5) is 0 Å². The molecule has 0 radical (unpaired) electrons. The molecule has 0 aliphatic carbocycles. The van der Waals surface area contributed by atoms with Crippen molar-refractivity contribution in [1.82, 2.24) is 0 Å². The minimum atomic E-state index is 0.917. The van der Waals surface area contributed by atoms with Gasteiger partial charge in [-0.3, -0.25) is 0 Å². The van der Waals surface area contributed by atoms with Crippen LogP contribution >= 0.6 is 0 Å². The number of benzene rings is 10. The molecule has 1 aromatic heterocycles. The molecule has 236 valence electrons. The van der Waals surface area contributed by atoms with Gasteiger partial charge in [0.25, 0.3) is 0 Å². The lowest BCUT2D eigenvalue weighted by Gasteiger charge is -2.19. The van der Waals surface area contributed by atoms with Crippen LogP contribution in [0.2, 0.25) is 0 Å². The molecule has 11 rings (SSSR count). The van der Waals surface area contributed by atoms with Crippen LogP contribution in [-0.2, 0) is 0 Å². The Kier molecular flexibility index (Phi) is 6.02. The molecule has 1 heterocycles. The second-order valence-corrected chi connectivity index (χ2v) is 13.6. The lowest BCUT2D eigenvalue weighted by atomic mass is 9.84. The van der Waals surface area contributed by atoms with Crippen LogP contribution in [0.25, 0.3) is 109 Å². The first-order valence-electron chi connectivity index (χ1n) is 17.6. The minimum absolute atomic E-state index is 0.917. The normalized spacial score (nSPS) is 11.9. The second kappa shape index (κ2) is 10.9. The van der Waals surface area contributed by atoms with Gasteiger partial charge in [-0.05, 0) is 88.4 Å². The van der Waals surface area contributed by atoms with Crippen LogP contribution in [0.3, 0.4) is 0 Å². The zero-order valence-electron chi connectivity index (χ0n) is 27.7. The predicted molar refractivity (Wildman–Crippen MR) is 218 cm³/mol. The van der Waals surface area contributed by atoms with E-state index in [-0.39, 0.29) is 0 Å². The van der Waals surface area contributed by atoms with E-state index in [1.807, 2.05) is 0 Å². The molecule has 0 aliphatic rings. The summed E-state index contributed by atoms with van der Waals surface area (Å²) >= 11 is 0. The lowest BCUT2D eigenvalue weighted by Crippen LogP contribution is -1.92. The standard InChI is InChI=1S/C50H30O/c1-4-16-36-31(12-1)15-11-23-39(36)48-42-21-9-7-19-40(42)46(41-20-8-10-22-43(41)48)33-24-26-34(27-25-33)47-37-17-5-3-14-35(37)30-45-49(47)44-29-28-32-13-2-6-18-38(32)50(44)51-45/h1-30H. The van der Waals surface area contributed by atoms with Gasteiger partial charge in [-0.15, -0.1) is 0 Å². The third-order valence-electron chi connectivity index (χ3n) is 10.8. The Bertz CT molecular complexity index is 3120. The van der Waals surface area contributed by atoms with E-state index < -0.39 is 0 Å². The zero-order valence-corrected chi connectivity index (χ0v) is 27.7. The van der Waals surface area contributed by atoms with Crippen molar-refractivity contribution >= 4 is 75.8 Å². The molecule has 51 heavy (non-hydrogen) atoms. The van der Waals surface area contributed by atoms with Gasteiger partial charge in [-0.25, -0.2) is 0 Å². The van der Waals surface area contributed by atoms with Crippen molar-refractivity contribution < 1.29 is 4.42 Å². The maximum atomic E-state index is 6.70. The molecule has 0 spiro atoms. The van der Waals surface area contributed by atoms with Crippen molar-refractivity contribution in [3.8, 4) is 33.4 Å². The quantitative estimate of drug-likeness (QED) is 0.174. The highest BCUT2D eigenvalue weighted by molar-refractivity contribution is 6.25. The molecular weight excluding hydrogens is 617 g/mol. The van der Waals surface area contributed by atoms with Crippen molar-refractivity contribution in [2.75, 3.05) is 0 Å². The molecule has 10 aromatic carbocycles. The van der Waals surface area contributed by atoms with Crippen molar-refractivity contribution in [1.29, 1.82) is 0 Å². The van der Waals surface area contributed by atoms with Gasteiger partial charge in [0, 0.05) is 21.7 Å². The highest BCUT2D eigenvalue weighted by atomic mass is 16.3. The van der Waals surface area contributed by atoms with E-state index in [0.29, 0.717) is 0 Å². The summed E-state index contributed by atoms with van der Waals surface area (Å²) in [6.45, 7) is 0. The molecule has 0 saturated heterocycles. The van der Waals surface area contributed by atoms with Gasteiger partial charge in [0.15, 0.2) is 0 Å². The van der Waals surface area contributed by atoms with E-state index in [9.17, 15) is 0 Å². The van der Waals surface area contributed by atoms with Crippen LogP contribution in [0.1, 0.15) is 0 Å². The topological polar surface area (TPSA) is 13.1 Å². The number of hydrogen-bond donors (Lipinski definition) is 0. The molecule has 0 bridgehead atoms. The third-order valence-corrected chi connectivity index (χ3v) is 10.8. The SMILES string of the molecule is c1ccc2c(-c3c4ccccc4c(-c4ccc(-c5c6ccccc6cc6oc7c8ccccc8ccc7c56)cc4)c4ccccc34)cccc2c1. The molecule has 0 unspecified atom stereocenters. The van der Waals surface area contributed by atoms with Crippen molar-refractivity contribution in [3.63, 3.8) is 0 Å². The van der Waals surface area contributed by atoms with Crippen LogP contribution < -0.4 is 0 Å². The summed E-state index contributed by atoms with van der Waals surface area (Å²) in [7, 11) is 0. The Morgan fingerprint density at radius 1 is 0.294 bits per heavy atom. The van der Waals surface area contributed by atoms with Gasteiger partial charge in [-0.2, -0.15) is 0 Å². The predicted octanol–water partition coefficient (Wildman–Crippen LogP) is 14.4. The monoisotopic (exact) mass is 646 g/mol. The van der Waals surface area contributed by atoms with Gasteiger partial charge < -0.3 is 4.42 Å². The van der Waals surface area contributed by atoms with E-state index in [2.05, 4.69) is 182 Å². The van der Waals surface area contributed by atoms with Crippen LogP contribution in [-0.4, -0.2) is 0 Å². The summed E-state index contributed by atoms with van der Waals surface area (Å²) in [6.07, 6.45) is 0. The van der Waals surface area contributed by atoms with Gasteiger partial charge in [0.2, 0.25) is 0 Å². The summed E-state index contributed by atoms with van der Waals surface area (Å²) in [4.78, 5) is 0. The van der Waals surface area contributed by atoms with Crippen molar-refractivity contribution in [2.24, 2.45) is 0 Å². The largest absolute Gasteiger partial charge is 0.455 e. The Labute approximate surface area is 294 Å². The maximum absolute atomic E-state index is 6.70. The highest BCUT2D eigenvalue weighted by Gasteiger charge is 2.20. The van der Waals surface area contributed by atoms with Gasteiger partial charge in [0.05, 0.1) is 0 Å². The lowest BCUT2D eigenvalue weighted by molar-refractivity contribution is 0.673. The van der Waals surface area contributed by atoms with E-state index in [1.165, 1.54) is 81.9 Å². The Morgan fingerprint density at radius 2 is 0.784 bits per heavy atom. The molecular formula is C50H30O. The number of furan rings is 1. The number of hydrogen-bond acceptors (Lipinski definition) is 1. The fourth-order valence-corrected chi connectivity index (χ4v) is 8.61. The highest BCUT2D eigenvalue weighted by Crippen LogP contribution is 2.47. The van der Waals surface area contributed by atoms with Crippen LogP contribution in [0.5, 0.6) is 0 Å². The summed E-state index contributed by atoms with van der Waals surface area (Å²) in [5, 5.41) is 14.6. The number of fused-ring (bicyclic) bond motifs is 9. The minimum Gasteiger partial charge on any atom is -0.455 e. The Morgan fingerprint density at radius 3 is 1.45 bits per heavy atom. The molecule has 0 amide bonds. The van der Waals surface area contributed by atoms with Gasteiger partial charge in [0.1, 0.15) is 11.2 Å². The third kappa shape index (κ3) is 4.16. The Balaban J connectivity index is 1.16. The molecule has 1 heteroatoms.